The number of aryl methyl sites for hydroxylation is 1. The summed E-state index contributed by atoms with van der Waals surface area (Å²) in [6.45, 7) is 2.39. The monoisotopic (exact) mass is 363 g/mol. The molecule has 0 aliphatic heterocycles. The molecule has 0 saturated heterocycles. The standard InChI is InChI=1S/C19H17N5OS/c1-13-21-22-19-24(13)23-17(26-19)10-11-20-18(25)16-9-5-8-15(12-16)14-6-3-2-4-7-14/h2-9,12H,10-11H2,1H3,(H,20,25). The van der Waals surface area contributed by atoms with Crippen LogP contribution in [0.2, 0.25) is 0 Å². The van der Waals surface area contributed by atoms with Gasteiger partial charge in [-0.05, 0) is 30.2 Å². The van der Waals surface area contributed by atoms with Gasteiger partial charge in [0.05, 0.1) is 0 Å². The third kappa shape index (κ3) is 3.34. The quantitative estimate of drug-likeness (QED) is 0.591. The van der Waals surface area contributed by atoms with Crippen LogP contribution < -0.4 is 5.32 Å². The van der Waals surface area contributed by atoms with Gasteiger partial charge in [0.25, 0.3) is 5.91 Å². The highest BCUT2D eigenvalue weighted by Gasteiger charge is 2.10. The van der Waals surface area contributed by atoms with Gasteiger partial charge in [-0.25, -0.2) is 0 Å². The van der Waals surface area contributed by atoms with Gasteiger partial charge in [-0.2, -0.15) is 9.61 Å². The number of carbonyl (C=O) groups is 1. The van der Waals surface area contributed by atoms with E-state index in [-0.39, 0.29) is 5.91 Å². The molecule has 130 valence electrons. The lowest BCUT2D eigenvalue weighted by molar-refractivity contribution is 0.0954. The minimum atomic E-state index is -0.0815. The zero-order chi connectivity index (χ0) is 17.9. The molecule has 0 saturated carbocycles. The van der Waals surface area contributed by atoms with E-state index in [1.165, 1.54) is 11.3 Å². The van der Waals surface area contributed by atoms with Crippen LogP contribution in [0.1, 0.15) is 21.2 Å². The molecule has 0 atom stereocenters. The zero-order valence-corrected chi connectivity index (χ0v) is 15.0. The average Bonchev–Trinajstić information content (AvgIpc) is 3.24. The number of hydrogen-bond donors (Lipinski definition) is 1. The first kappa shape index (κ1) is 16.4. The molecule has 1 N–H and O–H groups in total. The van der Waals surface area contributed by atoms with Crippen molar-refractivity contribution in [2.45, 2.75) is 13.3 Å². The molecule has 0 bridgehead atoms. The molecule has 6 nitrogen and oxygen atoms in total. The molecular formula is C19H17N5OS. The van der Waals surface area contributed by atoms with Crippen molar-refractivity contribution in [3.05, 3.63) is 71.0 Å². The minimum Gasteiger partial charge on any atom is -0.352 e. The van der Waals surface area contributed by atoms with Gasteiger partial charge in [0.1, 0.15) is 5.01 Å². The van der Waals surface area contributed by atoms with Gasteiger partial charge in [-0.1, -0.05) is 53.8 Å². The van der Waals surface area contributed by atoms with Crippen molar-refractivity contribution in [1.29, 1.82) is 0 Å². The highest BCUT2D eigenvalue weighted by molar-refractivity contribution is 7.16. The predicted molar refractivity (Wildman–Crippen MR) is 101 cm³/mol. The average molecular weight is 363 g/mol. The van der Waals surface area contributed by atoms with E-state index in [4.69, 9.17) is 0 Å². The molecule has 0 aliphatic rings. The van der Waals surface area contributed by atoms with Crippen LogP contribution in [0, 0.1) is 6.92 Å². The van der Waals surface area contributed by atoms with Crippen molar-refractivity contribution in [3.63, 3.8) is 0 Å². The smallest absolute Gasteiger partial charge is 0.251 e. The van der Waals surface area contributed by atoms with Crippen molar-refractivity contribution in [3.8, 4) is 11.1 Å². The molecule has 7 heteroatoms. The van der Waals surface area contributed by atoms with Crippen LogP contribution in [0.25, 0.3) is 16.1 Å². The number of nitrogens with zero attached hydrogens (tertiary/aromatic N) is 4. The second kappa shape index (κ2) is 7.05. The Bertz CT molecular complexity index is 1050. The first-order valence-electron chi connectivity index (χ1n) is 8.32. The van der Waals surface area contributed by atoms with Crippen LogP contribution in [0.4, 0.5) is 0 Å². The summed E-state index contributed by atoms with van der Waals surface area (Å²) in [7, 11) is 0. The molecule has 0 aliphatic carbocycles. The molecule has 0 spiro atoms. The van der Waals surface area contributed by atoms with Crippen LogP contribution >= 0.6 is 11.3 Å². The van der Waals surface area contributed by atoms with Crippen LogP contribution in [0.3, 0.4) is 0 Å². The summed E-state index contributed by atoms with van der Waals surface area (Å²) in [6, 6.07) is 17.7. The highest BCUT2D eigenvalue weighted by atomic mass is 32.1. The van der Waals surface area contributed by atoms with Crippen molar-refractivity contribution >= 4 is 22.2 Å². The van der Waals surface area contributed by atoms with Crippen LogP contribution in [0.15, 0.2) is 54.6 Å². The van der Waals surface area contributed by atoms with Crippen molar-refractivity contribution in [1.82, 2.24) is 25.1 Å². The molecule has 4 rings (SSSR count). The Morgan fingerprint density at radius 1 is 1.08 bits per heavy atom. The Hall–Kier alpha value is -3.06. The van der Waals surface area contributed by atoms with Crippen molar-refractivity contribution in [2.24, 2.45) is 0 Å². The van der Waals surface area contributed by atoms with E-state index < -0.39 is 0 Å². The fourth-order valence-corrected chi connectivity index (χ4v) is 3.59. The van der Waals surface area contributed by atoms with E-state index in [1.54, 1.807) is 4.52 Å². The van der Waals surface area contributed by atoms with Crippen LogP contribution in [-0.2, 0) is 6.42 Å². The largest absolute Gasteiger partial charge is 0.352 e. The molecule has 2 heterocycles. The number of amides is 1. The van der Waals surface area contributed by atoms with Gasteiger partial charge < -0.3 is 5.32 Å². The first-order chi connectivity index (χ1) is 12.7. The van der Waals surface area contributed by atoms with E-state index >= 15 is 0 Å². The van der Waals surface area contributed by atoms with E-state index in [2.05, 4.69) is 20.6 Å². The van der Waals surface area contributed by atoms with Crippen molar-refractivity contribution < 1.29 is 4.79 Å². The number of rotatable bonds is 5. The maximum atomic E-state index is 12.4. The summed E-state index contributed by atoms with van der Waals surface area (Å²) < 4.78 is 1.73. The molecule has 0 unspecified atom stereocenters. The summed E-state index contributed by atoms with van der Waals surface area (Å²) in [5.74, 6) is 0.686. The fourth-order valence-electron chi connectivity index (χ4n) is 2.71. The molecule has 1 amide bonds. The number of nitrogens with one attached hydrogen (secondary N) is 1. The number of hydrogen-bond acceptors (Lipinski definition) is 5. The first-order valence-corrected chi connectivity index (χ1v) is 9.14. The Labute approximate surface area is 154 Å². The van der Waals surface area contributed by atoms with Gasteiger partial charge in [0.2, 0.25) is 4.96 Å². The molecule has 4 aromatic rings. The topological polar surface area (TPSA) is 72.2 Å². The Kier molecular flexibility index (Phi) is 4.45. The van der Waals surface area contributed by atoms with E-state index in [9.17, 15) is 4.79 Å². The van der Waals surface area contributed by atoms with Crippen LogP contribution in [-0.4, -0.2) is 32.3 Å². The summed E-state index contributed by atoms with van der Waals surface area (Å²) >= 11 is 1.49. The number of aromatic nitrogens is 4. The second-order valence-electron chi connectivity index (χ2n) is 5.89. The predicted octanol–water partition coefficient (Wildman–Crippen LogP) is 3.13. The summed E-state index contributed by atoms with van der Waals surface area (Å²) in [4.78, 5) is 13.2. The van der Waals surface area contributed by atoms with Crippen molar-refractivity contribution in [2.75, 3.05) is 6.54 Å². The third-order valence-corrected chi connectivity index (χ3v) is 5.00. The summed E-state index contributed by atoms with van der Waals surface area (Å²) in [6.07, 6.45) is 0.664. The summed E-state index contributed by atoms with van der Waals surface area (Å²) in [5, 5.41) is 16.4. The lowest BCUT2D eigenvalue weighted by Gasteiger charge is -2.06. The second-order valence-corrected chi connectivity index (χ2v) is 6.93. The molecule has 0 radical (unpaired) electrons. The Balaban J connectivity index is 1.40. The van der Waals surface area contributed by atoms with Gasteiger partial charge in [0, 0.05) is 18.5 Å². The molecule has 2 aromatic carbocycles. The van der Waals surface area contributed by atoms with Gasteiger partial charge in [-0.3, -0.25) is 4.79 Å². The zero-order valence-electron chi connectivity index (χ0n) is 14.2. The molecule has 2 aromatic heterocycles. The SMILES string of the molecule is Cc1nnc2sc(CCNC(=O)c3cccc(-c4ccccc4)c3)nn12. The van der Waals surface area contributed by atoms with E-state index in [0.29, 0.717) is 18.5 Å². The maximum Gasteiger partial charge on any atom is 0.251 e. The van der Waals surface area contributed by atoms with E-state index in [1.807, 2.05) is 61.5 Å². The molecular weight excluding hydrogens is 346 g/mol. The lowest BCUT2D eigenvalue weighted by atomic mass is 10.0. The van der Waals surface area contributed by atoms with E-state index in [0.717, 1.165) is 26.9 Å². The third-order valence-electron chi connectivity index (χ3n) is 4.04. The fraction of sp³-hybridized carbons (Fsp3) is 0.158. The molecule has 0 fully saturated rings. The highest BCUT2D eigenvalue weighted by Crippen LogP contribution is 2.20. The van der Waals surface area contributed by atoms with Gasteiger partial charge in [0.15, 0.2) is 5.82 Å². The summed E-state index contributed by atoms with van der Waals surface area (Å²) in [5.41, 5.74) is 2.78. The number of fused-ring (bicyclic) bond motifs is 1. The minimum absolute atomic E-state index is 0.0815. The molecule has 26 heavy (non-hydrogen) atoms. The lowest BCUT2D eigenvalue weighted by Crippen LogP contribution is -2.25. The normalized spacial score (nSPS) is 11.0. The van der Waals surface area contributed by atoms with Gasteiger partial charge in [-0.15, -0.1) is 10.2 Å². The Morgan fingerprint density at radius 2 is 1.88 bits per heavy atom. The van der Waals surface area contributed by atoms with Crippen LogP contribution in [0.5, 0.6) is 0 Å². The maximum absolute atomic E-state index is 12.4. The number of benzene rings is 2. The van der Waals surface area contributed by atoms with Gasteiger partial charge >= 0.3 is 0 Å². The Morgan fingerprint density at radius 3 is 2.69 bits per heavy atom. The number of carbonyl (C=O) groups excluding carboxylic acids is 1.